The van der Waals surface area contributed by atoms with Gasteiger partial charge in [0.2, 0.25) is 5.91 Å². The minimum atomic E-state index is -4.51. The van der Waals surface area contributed by atoms with E-state index in [1.165, 1.54) is 19.2 Å². The monoisotopic (exact) mass is 527 g/mol. The van der Waals surface area contributed by atoms with Crippen molar-refractivity contribution in [1.82, 2.24) is 19.6 Å². The molecule has 1 aromatic heterocycles. The molecule has 2 aliphatic rings. The van der Waals surface area contributed by atoms with Crippen LogP contribution in [0.1, 0.15) is 30.9 Å². The number of nitrogens with one attached hydrogen (secondary N) is 1. The Labute approximate surface area is 209 Å². The summed E-state index contributed by atoms with van der Waals surface area (Å²) in [6.45, 7) is 3.36. The predicted octanol–water partition coefficient (Wildman–Crippen LogP) is 2.94. The van der Waals surface area contributed by atoms with Gasteiger partial charge in [-0.05, 0) is 36.6 Å². The number of hydrogen-bond donors (Lipinski definition) is 1. The van der Waals surface area contributed by atoms with Crippen LogP contribution in [0.25, 0.3) is 0 Å². The Kier molecular flexibility index (Phi) is 7.98. The van der Waals surface area contributed by atoms with Crippen LogP contribution in [-0.4, -0.2) is 79.5 Å². The number of aromatic nitrogens is 2. The second-order valence-corrected chi connectivity index (χ2v) is 10.6. The van der Waals surface area contributed by atoms with E-state index in [-0.39, 0.29) is 36.2 Å². The number of benzene rings is 1. The predicted molar refractivity (Wildman–Crippen MR) is 127 cm³/mol. The Balaban J connectivity index is 1.38. The lowest BCUT2D eigenvalue weighted by Gasteiger charge is -2.34. The molecule has 13 heteroatoms. The van der Waals surface area contributed by atoms with Crippen LogP contribution in [-0.2, 0) is 28.3 Å². The van der Waals surface area contributed by atoms with E-state index in [0.29, 0.717) is 56.1 Å². The molecular weight excluding hydrogens is 499 g/mol. The molecule has 2 aliphatic heterocycles. The van der Waals surface area contributed by atoms with Crippen molar-refractivity contribution in [2.45, 2.75) is 38.6 Å². The Morgan fingerprint density at radius 1 is 1.14 bits per heavy atom. The fourth-order valence-corrected chi connectivity index (χ4v) is 5.50. The average molecular weight is 528 g/mol. The molecule has 0 unspecified atom stereocenters. The van der Waals surface area contributed by atoms with Crippen molar-refractivity contribution in [1.29, 1.82) is 0 Å². The van der Waals surface area contributed by atoms with Gasteiger partial charge in [0, 0.05) is 74.2 Å². The van der Waals surface area contributed by atoms with Gasteiger partial charge in [0.05, 0.1) is 5.56 Å². The van der Waals surface area contributed by atoms with Crippen LogP contribution in [0.15, 0.2) is 30.5 Å². The van der Waals surface area contributed by atoms with Crippen LogP contribution in [0.5, 0.6) is 5.75 Å². The highest BCUT2D eigenvalue weighted by Gasteiger charge is 2.32. The van der Waals surface area contributed by atoms with Gasteiger partial charge in [-0.25, -0.2) is 4.79 Å². The third-order valence-corrected chi connectivity index (χ3v) is 7.45. The van der Waals surface area contributed by atoms with E-state index < -0.39 is 22.5 Å². The lowest BCUT2D eigenvalue weighted by Crippen LogP contribution is -2.49. The molecule has 0 radical (unpaired) electrons. The van der Waals surface area contributed by atoms with Gasteiger partial charge in [-0.3, -0.25) is 13.9 Å². The Morgan fingerprint density at radius 3 is 2.47 bits per heavy atom. The third-order valence-electron chi connectivity index (χ3n) is 6.07. The van der Waals surface area contributed by atoms with Crippen molar-refractivity contribution in [2.75, 3.05) is 43.0 Å². The number of nitrogens with zero attached hydrogens (tertiary/aromatic N) is 4. The van der Waals surface area contributed by atoms with E-state index in [0.717, 1.165) is 16.8 Å². The zero-order valence-electron chi connectivity index (χ0n) is 19.8. The summed E-state index contributed by atoms with van der Waals surface area (Å²) in [4.78, 5) is 27.4. The lowest BCUT2D eigenvalue weighted by molar-refractivity contribution is -0.137. The topological polar surface area (TPSA) is 96.8 Å². The number of halogens is 3. The molecule has 2 saturated heterocycles. The molecule has 1 aromatic carbocycles. The van der Waals surface area contributed by atoms with E-state index in [1.807, 2.05) is 4.90 Å². The lowest BCUT2D eigenvalue weighted by atomic mass is 10.1. The SMILES string of the molecule is CC(=O)Nc1ccn(C(=O)N2CCN(Cc3cc(OC4CCS(=O)CC4)cc(C(F)(F)F)c3)CC2)n1. The van der Waals surface area contributed by atoms with Gasteiger partial charge >= 0.3 is 12.2 Å². The van der Waals surface area contributed by atoms with Crippen LogP contribution >= 0.6 is 0 Å². The summed E-state index contributed by atoms with van der Waals surface area (Å²) in [6.07, 6.45) is -2.18. The number of carbonyl (C=O) groups is 2. The Morgan fingerprint density at radius 2 is 1.83 bits per heavy atom. The van der Waals surface area contributed by atoms with Crippen LogP contribution < -0.4 is 10.1 Å². The number of piperazine rings is 1. The van der Waals surface area contributed by atoms with E-state index in [4.69, 9.17) is 4.74 Å². The minimum Gasteiger partial charge on any atom is -0.490 e. The van der Waals surface area contributed by atoms with E-state index >= 15 is 0 Å². The highest BCUT2D eigenvalue weighted by atomic mass is 32.2. The Bertz CT molecular complexity index is 1120. The minimum absolute atomic E-state index is 0.167. The fraction of sp³-hybridized carbons (Fsp3) is 0.522. The molecule has 4 rings (SSSR count). The molecule has 9 nitrogen and oxygen atoms in total. The zero-order chi connectivity index (χ0) is 25.9. The highest BCUT2D eigenvalue weighted by Crippen LogP contribution is 2.34. The van der Waals surface area contributed by atoms with Gasteiger partial charge in [0.25, 0.3) is 0 Å². The molecule has 0 bridgehead atoms. The van der Waals surface area contributed by atoms with Crippen LogP contribution in [0.2, 0.25) is 0 Å². The molecule has 3 heterocycles. The van der Waals surface area contributed by atoms with Gasteiger partial charge in [-0.1, -0.05) is 0 Å². The maximum Gasteiger partial charge on any atom is 0.416 e. The summed E-state index contributed by atoms with van der Waals surface area (Å²) >= 11 is 0. The summed E-state index contributed by atoms with van der Waals surface area (Å²) in [6, 6.07) is 4.97. The van der Waals surface area contributed by atoms with Crippen molar-refractivity contribution >= 4 is 28.6 Å². The van der Waals surface area contributed by atoms with E-state index in [2.05, 4.69) is 10.4 Å². The molecule has 2 aromatic rings. The van der Waals surface area contributed by atoms with Crippen LogP contribution in [0, 0.1) is 0 Å². The average Bonchev–Trinajstić information content (AvgIpc) is 3.28. The van der Waals surface area contributed by atoms with Gasteiger partial charge in [-0.2, -0.15) is 17.9 Å². The smallest absolute Gasteiger partial charge is 0.416 e. The second kappa shape index (κ2) is 11.0. The number of hydrogen-bond acceptors (Lipinski definition) is 6. The molecule has 0 aliphatic carbocycles. The van der Waals surface area contributed by atoms with Gasteiger partial charge in [-0.15, -0.1) is 5.10 Å². The largest absolute Gasteiger partial charge is 0.490 e. The normalized spacial score (nSPS) is 21.3. The standard InChI is InChI=1S/C23H28F3N5O4S/c1-16(32)27-21-2-5-31(28-21)22(33)30-8-6-29(7-9-30)15-17-12-18(23(24,25)26)14-20(13-17)35-19-3-10-36(34)11-4-19/h2,5,12-14,19H,3-4,6-11,15H2,1H3,(H,27,28,32). The van der Waals surface area contributed by atoms with Gasteiger partial charge < -0.3 is 15.0 Å². The highest BCUT2D eigenvalue weighted by molar-refractivity contribution is 7.85. The number of amides is 2. The van der Waals surface area contributed by atoms with Crippen molar-refractivity contribution in [3.8, 4) is 5.75 Å². The maximum atomic E-state index is 13.5. The fourth-order valence-electron chi connectivity index (χ4n) is 4.24. The van der Waals surface area contributed by atoms with E-state index in [1.54, 1.807) is 11.0 Å². The molecule has 2 fully saturated rings. The van der Waals surface area contributed by atoms with Crippen molar-refractivity contribution in [3.05, 3.63) is 41.6 Å². The summed E-state index contributed by atoms with van der Waals surface area (Å²) in [5.41, 5.74) is -0.289. The van der Waals surface area contributed by atoms with E-state index in [9.17, 15) is 27.0 Å². The van der Waals surface area contributed by atoms with Gasteiger partial charge in [0.15, 0.2) is 5.82 Å². The first-order chi connectivity index (χ1) is 17.1. The first-order valence-corrected chi connectivity index (χ1v) is 13.1. The molecule has 36 heavy (non-hydrogen) atoms. The Hall–Kier alpha value is -2.93. The summed E-state index contributed by atoms with van der Waals surface area (Å²) in [5, 5.41) is 6.56. The molecule has 1 N–H and O–H groups in total. The number of alkyl halides is 3. The first-order valence-electron chi connectivity index (χ1n) is 11.6. The molecule has 0 atom stereocenters. The molecule has 2 amide bonds. The number of carbonyl (C=O) groups excluding carboxylic acids is 2. The molecular formula is C23H28F3N5O4S. The molecule has 0 spiro atoms. The summed E-state index contributed by atoms with van der Waals surface area (Å²) in [7, 11) is -0.884. The molecule has 0 saturated carbocycles. The van der Waals surface area contributed by atoms with Crippen LogP contribution in [0.4, 0.5) is 23.8 Å². The summed E-state index contributed by atoms with van der Waals surface area (Å²) in [5.74, 6) is 1.14. The number of ether oxygens (including phenoxy) is 1. The zero-order valence-corrected chi connectivity index (χ0v) is 20.6. The third kappa shape index (κ3) is 6.84. The van der Waals surface area contributed by atoms with Crippen molar-refractivity contribution in [2.24, 2.45) is 0 Å². The van der Waals surface area contributed by atoms with Gasteiger partial charge in [0.1, 0.15) is 11.9 Å². The second-order valence-electron chi connectivity index (χ2n) is 8.90. The quantitative estimate of drug-likeness (QED) is 0.643. The summed E-state index contributed by atoms with van der Waals surface area (Å²) < 4.78 is 59.2. The van der Waals surface area contributed by atoms with Crippen molar-refractivity contribution in [3.63, 3.8) is 0 Å². The first kappa shape index (κ1) is 26.1. The maximum absolute atomic E-state index is 13.5. The van der Waals surface area contributed by atoms with Crippen LogP contribution in [0.3, 0.4) is 0 Å². The number of anilines is 1. The number of rotatable bonds is 5. The van der Waals surface area contributed by atoms with Crippen molar-refractivity contribution < 1.29 is 31.7 Å². The molecule has 196 valence electrons.